The van der Waals surface area contributed by atoms with Gasteiger partial charge in [0.2, 0.25) is 5.91 Å². The van der Waals surface area contributed by atoms with Crippen LogP contribution in [0.1, 0.15) is 30.0 Å². The summed E-state index contributed by atoms with van der Waals surface area (Å²) >= 11 is 0. The van der Waals surface area contributed by atoms with E-state index in [0.717, 1.165) is 23.1 Å². The van der Waals surface area contributed by atoms with Gasteiger partial charge in [-0.3, -0.25) is 9.59 Å². The van der Waals surface area contributed by atoms with Crippen molar-refractivity contribution in [2.24, 2.45) is 5.92 Å². The molecule has 6 nitrogen and oxygen atoms in total. The topological polar surface area (TPSA) is 76.9 Å². The van der Waals surface area contributed by atoms with Crippen LogP contribution in [0, 0.1) is 12.8 Å². The first-order valence-corrected chi connectivity index (χ1v) is 8.80. The van der Waals surface area contributed by atoms with Gasteiger partial charge in [-0.2, -0.15) is 0 Å². The number of nitrogens with one attached hydrogen (secondary N) is 1. The second kappa shape index (κ2) is 6.71. The Kier molecular flexibility index (Phi) is 4.24. The van der Waals surface area contributed by atoms with Crippen molar-refractivity contribution >= 4 is 16.8 Å². The van der Waals surface area contributed by atoms with E-state index in [-0.39, 0.29) is 24.1 Å². The predicted molar refractivity (Wildman–Crippen MR) is 98.6 cm³/mol. The molecule has 4 rings (SSSR count). The van der Waals surface area contributed by atoms with Crippen LogP contribution in [0.4, 0.5) is 0 Å². The summed E-state index contributed by atoms with van der Waals surface area (Å²) in [4.78, 5) is 25.0. The highest BCUT2D eigenvalue weighted by molar-refractivity contribution is 5.78. The monoisotopic (exact) mass is 348 g/mol. The van der Waals surface area contributed by atoms with E-state index in [9.17, 15) is 9.59 Å². The average molecular weight is 348 g/mol. The Morgan fingerprint density at radius 2 is 1.92 bits per heavy atom. The van der Waals surface area contributed by atoms with Crippen LogP contribution < -0.4 is 10.9 Å². The molecule has 1 heterocycles. The lowest BCUT2D eigenvalue weighted by molar-refractivity contribution is -0.122. The van der Waals surface area contributed by atoms with Crippen LogP contribution in [0.5, 0.6) is 0 Å². The van der Waals surface area contributed by atoms with Crippen LogP contribution in [-0.2, 0) is 11.3 Å². The van der Waals surface area contributed by atoms with E-state index in [0.29, 0.717) is 16.8 Å². The summed E-state index contributed by atoms with van der Waals surface area (Å²) in [5, 5.41) is 11.5. The fourth-order valence-corrected chi connectivity index (χ4v) is 3.16. The number of carbonyl (C=O) groups excluding carboxylic acids is 1. The molecule has 1 N–H and O–H groups in total. The van der Waals surface area contributed by atoms with Crippen molar-refractivity contribution in [1.82, 2.24) is 20.3 Å². The van der Waals surface area contributed by atoms with Gasteiger partial charge in [-0.05, 0) is 43.4 Å². The lowest BCUT2D eigenvalue weighted by Crippen LogP contribution is -2.36. The van der Waals surface area contributed by atoms with Crippen molar-refractivity contribution in [3.05, 3.63) is 70.0 Å². The first kappa shape index (κ1) is 16.4. The van der Waals surface area contributed by atoms with Crippen LogP contribution >= 0.6 is 0 Å². The van der Waals surface area contributed by atoms with Gasteiger partial charge >= 0.3 is 0 Å². The quantitative estimate of drug-likeness (QED) is 0.768. The second-order valence-corrected chi connectivity index (χ2v) is 6.86. The van der Waals surface area contributed by atoms with Gasteiger partial charge < -0.3 is 5.32 Å². The summed E-state index contributed by atoms with van der Waals surface area (Å²) < 4.78 is 1.12. The SMILES string of the molecule is Cc1ccc(C(NC(=O)Cn2nnc3ccccc3c2=O)C2CC2)cc1. The van der Waals surface area contributed by atoms with Crippen molar-refractivity contribution in [3.63, 3.8) is 0 Å². The van der Waals surface area contributed by atoms with Crippen molar-refractivity contribution < 1.29 is 4.79 Å². The molecule has 1 amide bonds. The molecule has 1 saturated carbocycles. The number of aryl methyl sites for hydroxylation is 1. The summed E-state index contributed by atoms with van der Waals surface area (Å²) in [6, 6.07) is 15.2. The third kappa shape index (κ3) is 3.35. The fraction of sp³-hybridized carbons (Fsp3) is 0.300. The smallest absolute Gasteiger partial charge is 0.278 e. The van der Waals surface area contributed by atoms with Gasteiger partial charge in [0.25, 0.3) is 5.56 Å². The Labute approximate surface area is 150 Å². The maximum absolute atomic E-state index is 12.5. The Morgan fingerprint density at radius 3 is 2.65 bits per heavy atom. The minimum absolute atomic E-state index is 0.0211. The molecule has 3 aromatic rings. The zero-order valence-electron chi connectivity index (χ0n) is 14.6. The van der Waals surface area contributed by atoms with E-state index in [4.69, 9.17) is 0 Å². The molecule has 2 aromatic carbocycles. The molecule has 0 spiro atoms. The van der Waals surface area contributed by atoms with Crippen LogP contribution in [0.3, 0.4) is 0 Å². The molecule has 1 aliphatic rings. The highest BCUT2D eigenvalue weighted by Gasteiger charge is 2.33. The Bertz CT molecular complexity index is 1010. The number of amides is 1. The molecule has 1 unspecified atom stereocenters. The minimum Gasteiger partial charge on any atom is -0.347 e. The van der Waals surface area contributed by atoms with Gasteiger partial charge in [0.05, 0.1) is 11.4 Å². The van der Waals surface area contributed by atoms with E-state index in [1.54, 1.807) is 24.3 Å². The molecule has 1 atom stereocenters. The summed E-state index contributed by atoms with van der Waals surface area (Å²) in [6.45, 7) is 1.91. The van der Waals surface area contributed by atoms with Gasteiger partial charge in [0.1, 0.15) is 12.1 Å². The Balaban J connectivity index is 1.53. The molecular weight excluding hydrogens is 328 g/mol. The third-order valence-electron chi connectivity index (χ3n) is 4.77. The highest BCUT2D eigenvalue weighted by atomic mass is 16.2. The van der Waals surface area contributed by atoms with Gasteiger partial charge in [-0.15, -0.1) is 5.10 Å². The van der Waals surface area contributed by atoms with E-state index in [1.807, 2.05) is 6.92 Å². The van der Waals surface area contributed by atoms with Gasteiger partial charge in [-0.25, -0.2) is 4.68 Å². The molecule has 1 fully saturated rings. The number of carbonyl (C=O) groups is 1. The van der Waals surface area contributed by atoms with E-state index in [1.165, 1.54) is 5.56 Å². The molecule has 132 valence electrons. The summed E-state index contributed by atoms with van der Waals surface area (Å²) in [5.41, 5.74) is 2.52. The van der Waals surface area contributed by atoms with Gasteiger partial charge in [-0.1, -0.05) is 47.2 Å². The molecule has 1 aromatic heterocycles. The number of fused-ring (bicyclic) bond motifs is 1. The molecule has 0 radical (unpaired) electrons. The van der Waals surface area contributed by atoms with Crippen LogP contribution in [0.15, 0.2) is 53.3 Å². The zero-order chi connectivity index (χ0) is 18.1. The van der Waals surface area contributed by atoms with Crippen LogP contribution in [0.25, 0.3) is 10.9 Å². The fourth-order valence-electron chi connectivity index (χ4n) is 3.16. The molecule has 0 aliphatic heterocycles. The standard InChI is InChI=1S/C20H20N4O2/c1-13-6-8-14(9-7-13)19(15-10-11-15)21-18(25)12-24-20(26)16-4-2-3-5-17(16)22-23-24/h2-9,15,19H,10-12H2,1H3,(H,21,25). The maximum atomic E-state index is 12.5. The molecular formula is C20H20N4O2. The molecule has 0 bridgehead atoms. The molecule has 0 saturated heterocycles. The first-order valence-electron chi connectivity index (χ1n) is 8.80. The number of aromatic nitrogens is 3. The zero-order valence-corrected chi connectivity index (χ0v) is 14.6. The van der Waals surface area contributed by atoms with Crippen molar-refractivity contribution in [3.8, 4) is 0 Å². The number of hydrogen-bond donors (Lipinski definition) is 1. The number of rotatable bonds is 5. The Hall–Kier alpha value is -3.02. The summed E-state index contributed by atoms with van der Waals surface area (Å²) in [5.74, 6) is 0.232. The van der Waals surface area contributed by atoms with Gasteiger partial charge in [0, 0.05) is 0 Å². The minimum atomic E-state index is -0.302. The number of benzene rings is 2. The maximum Gasteiger partial charge on any atom is 0.278 e. The van der Waals surface area contributed by atoms with E-state index in [2.05, 4.69) is 39.9 Å². The van der Waals surface area contributed by atoms with Crippen molar-refractivity contribution in [2.45, 2.75) is 32.4 Å². The summed E-state index contributed by atoms with van der Waals surface area (Å²) in [7, 11) is 0. The van der Waals surface area contributed by atoms with Crippen LogP contribution in [-0.4, -0.2) is 20.9 Å². The lowest BCUT2D eigenvalue weighted by atomic mass is 10.0. The molecule has 26 heavy (non-hydrogen) atoms. The number of hydrogen-bond acceptors (Lipinski definition) is 4. The summed E-state index contributed by atoms with van der Waals surface area (Å²) in [6.07, 6.45) is 2.21. The lowest BCUT2D eigenvalue weighted by Gasteiger charge is -2.19. The third-order valence-corrected chi connectivity index (χ3v) is 4.77. The average Bonchev–Trinajstić information content (AvgIpc) is 3.48. The van der Waals surface area contributed by atoms with Crippen molar-refractivity contribution in [1.29, 1.82) is 0 Å². The molecule has 6 heteroatoms. The largest absolute Gasteiger partial charge is 0.347 e. The highest BCUT2D eigenvalue weighted by Crippen LogP contribution is 2.41. The van der Waals surface area contributed by atoms with Crippen LogP contribution in [0.2, 0.25) is 0 Å². The number of nitrogens with zero attached hydrogens (tertiary/aromatic N) is 3. The second-order valence-electron chi connectivity index (χ2n) is 6.86. The normalized spacial score (nSPS) is 15.0. The van der Waals surface area contributed by atoms with E-state index >= 15 is 0 Å². The first-order chi connectivity index (χ1) is 12.6. The van der Waals surface area contributed by atoms with Crippen molar-refractivity contribution in [2.75, 3.05) is 0 Å². The predicted octanol–water partition coefficient (Wildman–Crippen LogP) is 2.37. The molecule has 1 aliphatic carbocycles. The Morgan fingerprint density at radius 1 is 1.19 bits per heavy atom. The van der Waals surface area contributed by atoms with Gasteiger partial charge in [0.15, 0.2) is 0 Å². The van der Waals surface area contributed by atoms with E-state index < -0.39 is 0 Å².